The third-order valence-corrected chi connectivity index (χ3v) is 7.66. The second-order valence-corrected chi connectivity index (χ2v) is 11.0. The van der Waals surface area contributed by atoms with Gasteiger partial charge in [0.25, 0.3) is 0 Å². The van der Waals surface area contributed by atoms with E-state index in [1.54, 1.807) is 14.2 Å². The summed E-state index contributed by atoms with van der Waals surface area (Å²) in [7, 11) is 3.34. The number of ether oxygens (including phenoxy) is 4. The maximum atomic E-state index is 10.5. The number of hydrogen-bond donors (Lipinski definition) is 1. The van der Waals surface area contributed by atoms with E-state index in [-0.39, 0.29) is 38.9 Å². The van der Waals surface area contributed by atoms with Crippen LogP contribution in [0.1, 0.15) is 64.8 Å². The van der Waals surface area contributed by atoms with Crippen molar-refractivity contribution in [3.8, 4) is 23.0 Å². The summed E-state index contributed by atoms with van der Waals surface area (Å²) in [5.41, 5.74) is 4.41. The average Bonchev–Trinajstić information content (AvgIpc) is 2.99. The van der Waals surface area contributed by atoms with Crippen LogP contribution in [-0.4, -0.2) is 38.6 Å². The molecule has 0 spiro atoms. The molecule has 4 rings (SSSR count). The molecule has 4 aromatic carbocycles. The van der Waals surface area contributed by atoms with E-state index < -0.39 is 6.10 Å². The largest absolute Gasteiger partial charge is 0.497 e. The quantitative estimate of drug-likeness (QED) is 0.185. The molecule has 0 fully saturated rings. The Labute approximate surface area is 253 Å². The molecule has 5 heteroatoms. The molecule has 0 atom stereocenters. The Bertz CT molecular complexity index is 1230. The second-order valence-electron chi connectivity index (χ2n) is 11.0. The molecule has 5 nitrogen and oxygen atoms in total. The summed E-state index contributed by atoms with van der Waals surface area (Å²) in [5.74, 6) is 3.10. The minimum Gasteiger partial charge on any atom is -0.497 e. The van der Waals surface area contributed by atoms with E-state index in [0.29, 0.717) is 11.5 Å². The molecule has 0 aliphatic heterocycles. The number of rotatable bonds is 12. The molecule has 0 heterocycles. The number of aliphatic hydroxyl groups excluding tert-OH is 1. The van der Waals surface area contributed by atoms with E-state index in [4.69, 9.17) is 18.9 Å². The maximum Gasteiger partial charge on any atom is 0.122 e. The van der Waals surface area contributed by atoms with Crippen LogP contribution in [0.25, 0.3) is 0 Å². The standard InChI is InChI=1S/C35H40O5.2CH4/c1-34(2,25-7-15-30(37-5)16-8-25)27-11-19-32(20-12-27)39-23-29(36)24-40-33-21-13-28(14-22-33)35(3,4)26-9-17-31(38-6)18-10-26;;/h7-22,29,36H,23-24H2,1-6H3;2*1H4. The van der Waals surface area contributed by atoms with Crippen LogP contribution in [0.15, 0.2) is 97.1 Å². The van der Waals surface area contributed by atoms with E-state index in [1.165, 1.54) is 22.3 Å². The van der Waals surface area contributed by atoms with Crippen LogP contribution in [-0.2, 0) is 10.8 Å². The Morgan fingerprint density at radius 3 is 0.952 bits per heavy atom. The van der Waals surface area contributed by atoms with Crippen molar-refractivity contribution in [3.05, 3.63) is 119 Å². The number of hydrogen-bond acceptors (Lipinski definition) is 5. The first kappa shape index (κ1) is 34.2. The van der Waals surface area contributed by atoms with Gasteiger partial charge in [-0.3, -0.25) is 0 Å². The second kappa shape index (κ2) is 14.8. The average molecular weight is 573 g/mol. The number of benzene rings is 4. The number of methoxy groups -OCH3 is 2. The van der Waals surface area contributed by atoms with Gasteiger partial charge in [0, 0.05) is 10.8 Å². The topological polar surface area (TPSA) is 57.2 Å². The Hall–Kier alpha value is -3.96. The van der Waals surface area contributed by atoms with Crippen molar-refractivity contribution in [3.63, 3.8) is 0 Å². The van der Waals surface area contributed by atoms with E-state index in [0.717, 1.165) is 11.5 Å². The first-order valence-electron chi connectivity index (χ1n) is 13.6. The molecule has 0 bridgehead atoms. The summed E-state index contributed by atoms with van der Waals surface area (Å²) in [5, 5.41) is 10.5. The fourth-order valence-corrected chi connectivity index (χ4v) is 4.72. The molecule has 1 N–H and O–H groups in total. The van der Waals surface area contributed by atoms with Gasteiger partial charge in [-0.2, -0.15) is 0 Å². The highest BCUT2D eigenvalue weighted by Crippen LogP contribution is 2.34. The molecule has 0 unspecified atom stereocenters. The van der Waals surface area contributed by atoms with E-state index in [1.807, 2.05) is 48.5 Å². The zero-order valence-corrected chi connectivity index (χ0v) is 24.3. The van der Waals surface area contributed by atoms with Gasteiger partial charge in [-0.05, 0) is 70.8 Å². The van der Waals surface area contributed by atoms with Crippen molar-refractivity contribution in [2.24, 2.45) is 0 Å². The molecule has 0 aliphatic carbocycles. The van der Waals surface area contributed by atoms with Gasteiger partial charge in [0.2, 0.25) is 0 Å². The lowest BCUT2D eigenvalue weighted by molar-refractivity contribution is 0.0626. The highest BCUT2D eigenvalue weighted by molar-refractivity contribution is 5.43. The van der Waals surface area contributed by atoms with Gasteiger partial charge in [0.1, 0.15) is 42.3 Å². The summed E-state index contributed by atoms with van der Waals surface area (Å²) in [6.45, 7) is 9.06. The molecule has 4 aromatic rings. The lowest BCUT2D eigenvalue weighted by Gasteiger charge is -2.26. The predicted molar refractivity (Wildman–Crippen MR) is 174 cm³/mol. The summed E-state index contributed by atoms with van der Waals surface area (Å²) >= 11 is 0. The van der Waals surface area contributed by atoms with Crippen LogP contribution >= 0.6 is 0 Å². The normalized spacial score (nSPS) is 11.2. The minimum atomic E-state index is -0.758. The Morgan fingerprint density at radius 1 is 0.476 bits per heavy atom. The van der Waals surface area contributed by atoms with Crippen LogP contribution in [0.5, 0.6) is 23.0 Å². The highest BCUT2D eigenvalue weighted by Gasteiger charge is 2.24. The fourth-order valence-electron chi connectivity index (χ4n) is 4.72. The smallest absolute Gasteiger partial charge is 0.122 e. The monoisotopic (exact) mass is 572 g/mol. The van der Waals surface area contributed by atoms with Crippen molar-refractivity contribution in [2.45, 2.75) is 59.5 Å². The maximum absolute atomic E-state index is 10.5. The van der Waals surface area contributed by atoms with Crippen molar-refractivity contribution >= 4 is 0 Å². The summed E-state index contributed by atoms with van der Waals surface area (Å²) in [4.78, 5) is 0. The zero-order valence-electron chi connectivity index (χ0n) is 24.3. The molecule has 0 amide bonds. The lowest BCUT2D eigenvalue weighted by Crippen LogP contribution is -2.25. The molecule has 0 saturated heterocycles. The first-order valence-corrected chi connectivity index (χ1v) is 13.6. The predicted octanol–water partition coefficient (Wildman–Crippen LogP) is 8.45. The molecule has 42 heavy (non-hydrogen) atoms. The Kier molecular flexibility index (Phi) is 12.1. The van der Waals surface area contributed by atoms with Crippen LogP contribution in [0.4, 0.5) is 0 Å². The summed E-state index contributed by atoms with van der Waals surface area (Å²) < 4.78 is 22.2. The van der Waals surface area contributed by atoms with Gasteiger partial charge < -0.3 is 24.1 Å². The van der Waals surface area contributed by atoms with Gasteiger partial charge in [0.05, 0.1) is 14.2 Å². The van der Waals surface area contributed by atoms with E-state index in [9.17, 15) is 5.11 Å². The Balaban J connectivity index is 0.00000308. The van der Waals surface area contributed by atoms with Crippen molar-refractivity contribution < 1.29 is 24.1 Å². The molecule has 0 aliphatic rings. The summed E-state index contributed by atoms with van der Waals surface area (Å²) in [6, 6.07) is 32.3. The van der Waals surface area contributed by atoms with Gasteiger partial charge in [0.15, 0.2) is 0 Å². The molecular formula is C37H48O5. The van der Waals surface area contributed by atoms with Crippen LogP contribution in [0.2, 0.25) is 0 Å². The van der Waals surface area contributed by atoms with Crippen LogP contribution in [0, 0.1) is 0 Å². The van der Waals surface area contributed by atoms with Crippen molar-refractivity contribution in [1.29, 1.82) is 0 Å². The lowest BCUT2D eigenvalue weighted by atomic mass is 9.78. The van der Waals surface area contributed by atoms with Crippen molar-refractivity contribution in [1.82, 2.24) is 0 Å². The number of aliphatic hydroxyl groups is 1. The molecule has 226 valence electrons. The zero-order chi connectivity index (χ0) is 28.8. The van der Waals surface area contributed by atoms with Crippen molar-refractivity contribution in [2.75, 3.05) is 27.4 Å². The third kappa shape index (κ3) is 8.07. The Morgan fingerprint density at radius 2 is 0.714 bits per heavy atom. The third-order valence-electron chi connectivity index (χ3n) is 7.66. The van der Waals surface area contributed by atoms with Crippen LogP contribution < -0.4 is 18.9 Å². The van der Waals surface area contributed by atoms with Gasteiger partial charge in [-0.15, -0.1) is 0 Å². The van der Waals surface area contributed by atoms with Crippen LogP contribution in [0.3, 0.4) is 0 Å². The van der Waals surface area contributed by atoms with E-state index in [2.05, 4.69) is 76.2 Å². The molecule has 0 saturated carbocycles. The van der Waals surface area contributed by atoms with Gasteiger partial charge in [-0.1, -0.05) is 91.1 Å². The van der Waals surface area contributed by atoms with Gasteiger partial charge in [-0.25, -0.2) is 0 Å². The SMILES string of the molecule is C.C.COc1ccc(C(C)(C)c2ccc(OCC(O)COc3ccc(C(C)(C)c4ccc(OC)cc4)cc3)cc2)cc1. The summed E-state index contributed by atoms with van der Waals surface area (Å²) in [6.07, 6.45) is -0.758. The first-order chi connectivity index (χ1) is 19.1. The fraction of sp³-hybridized carbons (Fsp3) is 0.351. The molecule has 0 aromatic heterocycles. The molecule has 0 radical (unpaired) electrons. The minimum absolute atomic E-state index is 0. The van der Waals surface area contributed by atoms with E-state index >= 15 is 0 Å². The molecular weight excluding hydrogens is 524 g/mol. The highest BCUT2D eigenvalue weighted by atomic mass is 16.5. The van der Waals surface area contributed by atoms with Gasteiger partial charge >= 0.3 is 0 Å².